The molecule has 0 spiro atoms. The Labute approximate surface area is 91.3 Å². The Morgan fingerprint density at radius 2 is 2.25 bits per heavy atom. The van der Waals surface area contributed by atoms with E-state index in [0.29, 0.717) is 5.56 Å². The maximum atomic E-state index is 11.5. The number of phenols is 1. The molecule has 1 aromatic carbocycles. The maximum Gasteiger partial charge on any atom is 0.288 e. The van der Waals surface area contributed by atoms with Gasteiger partial charge in [-0.2, -0.15) is 5.10 Å². The number of phenolic OH excluding ortho intramolecular Hbond substituents is 1. The van der Waals surface area contributed by atoms with Crippen molar-refractivity contribution in [2.75, 3.05) is 0 Å². The molecular weight excluding hydrogens is 208 g/mol. The third-order valence-electron chi connectivity index (χ3n) is 2.06. The average Bonchev–Trinajstić information content (AvgIpc) is 2.81. The van der Waals surface area contributed by atoms with Crippen LogP contribution in [0.5, 0.6) is 5.75 Å². The number of aromatic nitrogens is 3. The van der Waals surface area contributed by atoms with Crippen LogP contribution in [0.15, 0.2) is 30.6 Å². The first kappa shape index (κ1) is 10.2. The van der Waals surface area contributed by atoms with Crippen molar-refractivity contribution in [2.24, 2.45) is 0 Å². The van der Waals surface area contributed by atoms with Gasteiger partial charge in [0.1, 0.15) is 12.1 Å². The molecule has 0 unspecified atom stereocenters. The molecular formula is C10H10N4O2. The highest BCUT2D eigenvalue weighted by Gasteiger charge is 2.08. The molecule has 1 heterocycles. The lowest BCUT2D eigenvalue weighted by Crippen LogP contribution is -2.24. The molecule has 0 radical (unpaired) electrons. The van der Waals surface area contributed by atoms with Crippen molar-refractivity contribution in [3.63, 3.8) is 0 Å². The van der Waals surface area contributed by atoms with E-state index >= 15 is 0 Å². The van der Waals surface area contributed by atoms with Crippen LogP contribution in [-0.2, 0) is 6.54 Å². The minimum atomic E-state index is -0.360. The second-order valence-corrected chi connectivity index (χ2v) is 3.15. The molecule has 0 saturated heterocycles. The van der Waals surface area contributed by atoms with Crippen molar-refractivity contribution >= 4 is 5.91 Å². The first-order chi connectivity index (χ1) is 7.77. The van der Waals surface area contributed by atoms with Gasteiger partial charge in [-0.3, -0.25) is 9.89 Å². The van der Waals surface area contributed by atoms with Gasteiger partial charge in [-0.05, 0) is 6.07 Å². The molecule has 0 atom stereocenters. The Morgan fingerprint density at radius 3 is 2.94 bits per heavy atom. The van der Waals surface area contributed by atoms with Crippen LogP contribution >= 0.6 is 0 Å². The SMILES string of the molecule is O=C(NCc1ccccc1O)c1ncn[nH]1. The number of aromatic hydroxyl groups is 1. The Kier molecular flexibility index (Phi) is 2.81. The van der Waals surface area contributed by atoms with Gasteiger partial charge in [0.2, 0.25) is 5.82 Å². The molecule has 0 fully saturated rings. The Morgan fingerprint density at radius 1 is 1.44 bits per heavy atom. The first-order valence-electron chi connectivity index (χ1n) is 4.68. The normalized spacial score (nSPS) is 10.0. The summed E-state index contributed by atoms with van der Waals surface area (Å²) in [6.07, 6.45) is 1.26. The maximum absolute atomic E-state index is 11.5. The van der Waals surface area contributed by atoms with Gasteiger partial charge in [-0.25, -0.2) is 4.98 Å². The Bertz CT molecular complexity index is 481. The quantitative estimate of drug-likeness (QED) is 0.697. The van der Waals surface area contributed by atoms with Crippen LogP contribution < -0.4 is 5.32 Å². The van der Waals surface area contributed by atoms with Crippen molar-refractivity contribution in [2.45, 2.75) is 6.54 Å². The van der Waals surface area contributed by atoms with Crippen LogP contribution in [0.1, 0.15) is 16.2 Å². The topological polar surface area (TPSA) is 90.9 Å². The molecule has 16 heavy (non-hydrogen) atoms. The number of rotatable bonds is 3. The van der Waals surface area contributed by atoms with E-state index in [-0.39, 0.29) is 24.0 Å². The van der Waals surface area contributed by atoms with E-state index in [0.717, 1.165) is 0 Å². The summed E-state index contributed by atoms with van der Waals surface area (Å²) < 4.78 is 0. The molecule has 82 valence electrons. The number of hydrogen-bond donors (Lipinski definition) is 3. The lowest BCUT2D eigenvalue weighted by Gasteiger charge is -2.04. The summed E-state index contributed by atoms with van der Waals surface area (Å²) in [4.78, 5) is 15.2. The number of amides is 1. The molecule has 1 amide bonds. The Balaban J connectivity index is 1.98. The van der Waals surface area contributed by atoms with Gasteiger partial charge in [-0.15, -0.1) is 0 Å². The summed E-state index contributed by atoms with van der Waals surface area (Å²) in [6.45, 7) is 0.242. The molecule has 3 N–H and O–H groups in total. The standard InChI is InChI=1S/C10H10N4O2/c15-8-4-2-1-3-7(8)5-11-10(16)9-12-6-13-14-9/h1-4,6,15H,5H2,(H,11,16)(H,12,13,14). The third-order valence-corrected chi connectivity index (χ3v) is 2.06. The number of para-hydroxylation sites is 1. The smallest absolute Gasteiger partial charge is 0.288 e. The van der Waals surface area contributed by atoms with Crippen LogP contribution in [0, 0.1) is 0 Å². The molecule has 0 aliphatic carbocycles. The Hall–Kier alpha value is -2.37. The van der Waals surface area contributed by atoms with E-state index in [1.165, 1.54) is 6.33 Å². The van der Waals surface area contributed by atoms with Crippen molar-refractivity contribution < 1.29 is 9.90 Å². The number of aromatic amines is 1. The molecule has 6 heteroatoms. The zero-order valence-corrected chi connectivity index (χ0v) is 8.34. The minimum absolute atomic E-state index is 0.149. The summed E-state index contributed by atoms with van der Waals surface area (Å²) in [5.41, 5.74) is 0.648. The number of nitrogens with zero attached hydrogens (tertiary/aromatic N) is 2. The van der Waals surface area contributed by atoms with E-state index in [4.69, 9.17) is 0 Å². The monoisotopic (exact) mass is 218 g/mol. The van der Waals surface area contributed by atoms with Crippen LogP contribution in [0.3, 0.4) is 0 Å². The zero-order chi connectivity index (χ0) is 11.4. The van der Waals surface area contributed by atoms with Gasteiger partial charge in [0.05, 0.1) is 0 Å². The summed E-state index contributed by atoms with van der Waals surface area (Å²) in [7, 11) is 0. The van der Waals surface area contributed by atoms with E-state index in [2.05, 4.69) is 20.5 Å². The molecule has 6 nitrogen and oxygen atoms in total. The second kappa shape index (κ2) is 4.43. The summed E-state index contributed by atoms with van der Waals surface area (Å²) in [5, 5.41) is 18.1. The summed E-state index contributed by atoms with van der Waals surface area (Å²) >= 11 is 0. The van der Waals surface area contributed by atoms with Crippen molar-refractivity contribution in [1.82, 2.24) is 20.5 Å². The lowest BCUT2D eigenvalue weighted by atomic mass is 10.2. The largest absolute Gasteiger partial charge is 0.508 e. The first-order valence-corrected chi connectivity index (χ1v) is 4.68. The highest BCUT2D eigenvalue weighted by molar-refractivity contribution is 5.90. The van der Waals surface area contributed by atoms with Gasteiger partial charge < -0.3 is 10.4 Å². The number of H-pyrrole nitrogens is 1. The van der Waals surface area contributed by atoms with Crippen LogP contribution in [0.4, 0.5) is 0 Å². The fraction of sp³-hybridized carbons (Fsp3) is 0.100. The summed E-state index contributed by atoms with van der Waals surface area (Å²) in [6, 6.07) is 6.80. The highest BCUT2D eigenvalue weighted by atomic mass is 16.3. The second-order valence-electron chi connectivity index (χ2n) is 3.15. The zero-order valence-electron chi connectivity index (χ0n) is 8.34. The predicted molar refractivity (Wildman–Crippen MR) is 55.7 cm³/mol. The molecule has 2 aromatic rings. The van der Waals surface area contributed by atoms with Gasteiger partial charge in [0.15, 0.2) is 0 Å². The van der Waals surface area contributed by atoms with Gasteiger partial charge in [-0.1, -0.05) is 18.2 Å². The van der Waals surface area contributed by atoms with Crippen molar-refractivity contribution in [3.05, 3.63) is 42.0 Å². The summed E-state index contributed by atoms with van der Waals surface area (Å²) in [5.74, 6) is -0.0588. The van der Waals surface area contributed by atoms with E-state index < -0.39 is 0 Å². The van der Waals surface area contributed by atoms with Crippen LogP contribution in [0.2, 0.25) is 0 Å². The fourth-order valence-corrected chi connectivity index (χ4v) is 1.23. The highest BCUT2D eigenvalue weighted by Crippen LogP contribution is 2.14. The number of benzene rings is 1. The van der Waals surface area contributed by atoms with E-state index in [9.17, 15) is 9.90 Å². The fourth-order valence-electron chi connectivity index (χ4n) is 1.23. The van der Waals surface area contributed by atoms with Gasteiger partial charge in [0, 0.05) is 12.1 Å². The number of carbonyl (C=O) groups excluding carboxylic acids is 1. The predicted octanol–water partition coefficient (Wildman–Crippen LogP) is 0.440. The third kappa shape index (κ3) is 2.17. The minimum Gasteiger partial charge on any atom is -0.508 e. The lowest BCUT2D eigenvalue weighted by molar-refractivity contribution is 0.0941. The van der Waals surface area contributed by atoms with E-state index in [1.54, 1.807) is 24.3 Å². The van der Waals surface area contributed by atoms with Gasteiger partial charge in [0.25, 0.3) is 5.91 Å². The van der Waals surface area contributed by atoms with Gasteiger partial charge >= 0.3 is 0 Å². The number of carbonyl (C=O) groups is 1. The molecule has 0 bridgehead atoms. The molecule has 2 rings (SSSR count). The van der Waals surface area contributed by atoms with Crippen molar-refractivity contribution in [3.8, 4) is 5.75 Å². The molecule has 1 aromatic heterocycles. The van der Waals surface area contributed by atoms with Crippen LogP contribution in [-0.4, -0.2) is 26.2 Å². The number of hydrogen-bond acceptors (Lipinski definition) is 4. The molecule has 0 aliphatic heterocycles. The van der Waals surface area contributed by atoms with Crippen LogP contribution in [0.25, 0.3) is 0 Å². The average molecular weight is 218 g/mol. The van der Waals surface area contributed by atoms with Crippen molar-refractivity contribution in [1.29, 1.82) is 0 Å². The molecule has 0 saturated carbocycles. The van der Waals surface area contributed by atoms with E-state index in [1.807, 2.05) is 0 Å². The molecule has 0 aliphatic rings. The number of nitrogens with one attached hydrogen (secondary N) is 2.